The van der Waals surface area contributed by atoms with Gasteiger partial charge in [0.2, 0.25) is 5.91 Å². The number of rotatable bonds is 5. The van der Waals surface area contributed by atoms with E-state index in [2.05, 4.69) is 39.6 Å². The lowest BCUT2D eigenvalue weighted by molar-refractivity contribution is -0.133. The molecule has 3 aromatic rings. The van der Waals surface area contributed by atoms with Crippen LogP contribution in [-0.2, 0) is 4.79 Å². The van der Waals surface area contributed by atoms with Crippen LogP contribution in [-0.4, -0.2) is 39.9 Å². The van der Waals surface area contributed by atoms with Crippen LogP contribution >= 0.6 is 11.3 Å². The van der Waals surface area contributed by atoms with E-state index in [1.165, 1.54) is 5.56 Å². The SMILES string of the molecule is C[C@@H](N)C(=O)N1CCC(c2ccnc(Nc3ncc(-c4ccccc4)s3)c2)CC1. The van der Waals surface area contributed by atoms with Crippen molar-refractivity contribution >= 4 is 28.2 Å². The minimum absolute atomic E-state index is 0.0403. The number of pyridine rings is 1. The van der Waals surface area contributed by atoms with Gasteiger partial charge >= 0.3 is 0 Å². The van der Waals surface area contributed by atoms with Crippen LogP contribution in [0.15, 0.2) is 54.9 Å². The number of hydrogen-bond donors (Lipinski definition) is 2. The lowest BCUT2D eigenvalue weighted by Crippen LogP contribution is -2.45. The summed E-state index contributed by atoms with van der Waals surface area (Å²) in [5.41, 5.74) is 8.14. The smallest absolute Gasteiger partial charge is 0.239 e. The number of thiazole rings is 1. The number of nitrogens with one attached hydrogen (secondary N) is 1. The largest absolute Gasteiger partial charge is 0.341 e. The molecule has 1 aliphatic heterocycles. The second-order valence-corrected chi connectivity index (χ2v) is 8.41. The molecule has 4 rings (SSSR count). The number of likely N-dealkylation sites (tertiary alicyclic amines) is 1. The number of anilines is 2. The molecule has 0 bridgehead atoms. The van der Waals surface area contributed by atoms with Gasteiger partial charge in [0.1, 0.15) is 5.82 Å². The maximum Gasteiger partial charge on any atom is 0.239 e. The van der Waals surface area contributed by atoms with E-state index in [-0.39, 0.29) is 5.91 Å². The predicted molar refractivity (Wildman–Crippen MR) is 117 cm³/mol. The monoisotopic (exact) mass is 407 g/mol. The summed E-state index contributed by atoms with van der Waals surface area (Å²) in [7, 11) is 0. The van der Waals surface area contributed by atoms with Crippen molar-refractivity contribution in [3.63, 3.8) is 0 Å². The molecule has 0 saturated carbocycles. The fourth-order valence-corrected chi connectivity index (χ4v) is 4.50. The summed E-state index contributed by atoms with van der Waals surface area (Å²) in [5.74, 6) is 1.26. The zero-order valence-electron chi connectivity index (χ0n) is 16.4. The fraction of sp³-hybridized carbons (Fsp3) is 0.318. The van der Waals surface area contributed by atoms with Gasteiger partial charge in [-0.05, 0) is 48.9 Å². The van der Waals surface area contributed by atoms with Crippen LogP contribution in [0.2, 0.25) is 0 Å². The number of amides is 1. The van der Waals surface area contributed by atoms with Crippen molar-refractivity contribution in [3.05, 3.63) is 60.4 Å². The van der Waals surface area contributed by atoms with Crippen LogP contribution < -0.4 is 11.1 Å². The number of benzene rings is 1. The van der Waals surface area contributed by atoms with E-state index in [4.69, 9.17) is 5.73 Å². The van der Waals surface area contributed by atoms with E-state index in [0.29, 0.717) is 5.92 Å². The van der Waals surface area contributed by atoms with Crippen molar-refractivity contribution in [3.8, 4) is 10.4 Å². The molecule has 1 aromatic carbocycles. The minimum atomic E-state index is -0.428. The first-order valence-electron chi connectivity index (χ1n) is 9.89. The molecule has 1 amide bonds. The summed E-state index contributed by atoms with van der Waals surface area (Å²) >= 11 is 1.61. The number of aromatic nitrogens is 2. The van der Waals surface area contributed by atoms with Gasteiger partial charge in [0.05, 0.1) is 10.9 Å². The normalized spacial score (nSPS) is 15.9. The molecule has 0 aliphatic carbocycles. The number of nitrogens with zero attached hydrogens (tertiary/aromatic N) is 3. The highest BCUT2D eigenvalue weighted by molar-refractivity contribution is 7.18. The van der Waals surface area contributed by atoms with Gasteiger partial charge in [-0.2, -0.15) is 0 Å². The van der Waals surface area contributed by atoms with Gasteiger partial charge in [-0.1, -0.05) is 41.7 Å². The second kappa shape index (κ2) is 8.71. The molecule has 0 spiro atoms. The molecule has 1 saturated heterocycles. The summed E-state index contributed by atoms with van der Waals surface area (Å²) in [6.07, 6.45) is 5.61. The lowest BCUT2D eigenvalue weighted by Gasteiger charge is -2.33. The topological polar surface area (TPSA) is 84.1 Å². The molecule has 1 atom stereocenters. The molecule has 0 radical (unpaired) electrons. The molecule has 150 valence electrons. The Hall–Kier alpha value is -2.77. The first-order valence-corrected chi connectivity index (χ1v) is 10.7. The predicted octanol–water partition coefficient (Wildman–Crippen LogP) is 4.00. The Morgan fingerprint density at radius 1 is 1.21 bits per heavy atom. The second-order valence-electron chi connectivity index (χ2n) is 7.38. The average Bonchev–Trinajstić information content (AvgIpc) is 3.22. The molecule has 7 heteroatoms. The Morgan fingerprint density at radius 3 is 2.69 bits per heavy atom. The van der Waals surface area contributed by atoms with Crippen molar-refractivity contribution in [1.29, 1.82) is 0 Å². The zero-order valence-corrected chi connectivity index (χ0v) is 17.2. The Morgan fingerprint density at radius 2 is 1.97 bits per heavy atom. The fourth-order valence-electron chi connectivity index (χ4n) is 3.67. The summed E-state index contributed by atoms with van der Waals surface area (Å²) in [6, 6.07) is 14.0. The summed E-state index contributed by atoms with van der Waals surface area (Å²) in [6.45, 7) is 3.25. The molecule has 0 unspecified atom stereocenters. The van der Waals surface area contributed by atoms with Crippen LogP contribution in [0, 0.1) is 0 Å². The Kier molecular flexibility index (Phi) is 5.87. The van der Waals surface area contributed by atoms with Gasteiger partial charge in [-0.3, -0.25) is 4.79 Å². The third-order valence-electron chi connectivity index (χ3n) is 5.25. The molecule has 2 aromatic heterocycles. The lowest BCUT2D eigenvalue weighted by atomic mass is 9.90. The summed E-state index contributed by atoms with van der Waals surface area (Å²) in [4.78, 5) is 24.0. The molecule has 6 nitrogen and oxygen atoms in total. The maximum atomic E-state index is 12.1. The molecular formula is C22H25N5OS. The highest BCUT2D eigenvalue weighted by atomic mass is 32.1. The summed E-state index contributed by atoms with van der Waals surface area (Å²) < 4.78 is 0. The highest BCUT2D eigenvalue weighted by Gasteiger charge is 2.25. The quantitative estimate of drug-likeness (QED) is 0.668. The van der Waals surface area contributed by atoms with Crippen LogP contribution in [0.5, 0.6) is 0 Å². The van der Waals surface area contributed by atoms with Crippen molar-refractivity contribution < 1.29 is 4.79 Å². The Labute approximate surface area is 174 Å². The van der Waals surface area contributed by atoms with Crippen LogP contribution in [0.25, 0.3) is 10.4 Å². The van der Waals surface area contributed by atoms with E-state index in [9.17, 15) is 4.79 Å². The highest BCUT2D eigenvalue weighted by Crippen LogP contribution is 2.32. The van der Waals surface area contributed by atoms with Crippen molar-refractivity contribution in [2.75, 3.05) is 18.4 Å². The first kappa shape index (κ1) is 19.5. The van der Waals surface area contributed by atoms with E-state index in [1.54, 1.807) is 18.3 Å². The molecule has 1 fully saturated rings. The van der Waals surface area contributed by atoms with Crippen molar-refractivity contribution in [2.45, 2.75) is 31.7 Å². The number of carbonyl (C=O) groups excluding carboxylic acids is 1. The Bertz CT molecular complexity index is 964. The molecule has 1 aliphatic rings. The Balaban J connectivity index is 1.41. The number of piperidine rings is 1. The molecule has 29 heavy (non-hydrogen) atoms. The third-order valence-corrected chi connectivity index (χ3v) is 6.21. The third kappa shape index (κ3) is 4.63. The van der Waals surface area contributed by atoms with Gasteiger partial charge in [0, 0.05) is 25.5 Å². The van der Waals surface area contributed by atoms with Gasteiger partial charge in [-0.25, -0.2) is 9.97 Å². The van der Waals surface area contributed by atoms with Gasteiger partial charge in [0.25, 0.3) is 0 Å². The molecule has 3 N–H and O–H groups in total. The van der Waals surface area contributed by atoms with E-state index in [0.717, 1.165) is 47.3 Å². The van der Waals surface area contributed by atoms with E-state index in [1.807, 2.05) is 35.5 Å². The summed E-state index contributed by atoms with van der Waals surface area (Å²) in [5, 5.41) is 4.16. The molecule has 3 heterocycles. The van der Waals surface area contributed by atoms with Crippen LogP contribution in [0.3, 0.4) is 0 Å². The number of hydrogen-bond acceptors (Lipinski definition) is 6. The number of carbonyl (C=O) groups is 1. The van der Waals surface area contributed by atoms with Crippen LogP contribution in [0.1, 0.15) is 31.2 Å². The number of nitrogens with two attached hydrogens (primary N) is 1. The van der Waals surface area contributed by atoms with E-state index >= 15 is 0 Å². The van der Waals surface area contributed by atoms with Gasteiger partial charge in [0.15, 0.2) is 5.13 Å². The minimum Gasteiger partial charge on any atom is -0.341 e. The average molecular weight is 408 g/mol. The molecular weight excluding hydrogens is 382 g/mol. The standard InChI is InChI=1S/C22H25N5OS/c1-15(23)21(28)27-11-8-16(9-12-27)18-7-10-24-20(13-18)26-22-25-14-19(29-22)17-5-3-2-4-6-17/h2-7,10,13-16H,8-9,11-12,23H2,1H3,(H,24,25,26)/t15-/m1/s1. The van der Waals surface area contributed by atoms with Crippen LogP contribution in [0.4, 0.5) is 10.9 Å². The van der Waals surface area contributed by atoms with Gasteiger partial charge in [-0.15, -0.1) is 0 Å². The maximum absolute atomic E-state index is 12.1. The van der Waals surface area contributed by atoms with Gasteiger partial charge < -0.3 is 16.0 Å². The first-order chi connectivity index (χ1) is 14.1. The van der Waals surface area contributed by atoms with Crippen molar-refractivity contribution in [2.24, 2.45) is 5.73 Å². The van der Waals surface area contributed by atoms with E-state index < -0.39 is 6.04 Å². The zero-order chi connectivity index (χ0) is 20.2. The van der Waals surface area contributed by atoms with Crippen molar-refractivity contribution in [1.82, 2.24) is 14.9 Å².